The van der Waals surface area contributed by atoms with Crippen LogP contribution in [-0.2, 0) is 29.2 Å². The van der Waals surface area contributed by atoms with Crippen LogP contribution in [0.1, 0.15) is 0 Å². The first kappa shape index (κ1) is 7.45. The summed E-state index contributed by atoms with van der Waals surface area (Å²) in [7, 11) is -10.8. The zero-order chi connectivity index (χ0) is 7.38. The Kier molecular flexibility index (Phi) is 0.427. The summed E-state index contributed by atoms with van der Waals surface area (Å²) in [6, 6.07) is 0. The summed E-state index contributed by atoms with van der Waals surface area (Å²) in [4.78, 5) is 0. The van der Waals surface area contributed by atoms with Gasteiger partial charge >= 0.3 is 37.5 Å². The Morgan fingerprint density at radius 1 is 0.750 bits per heavy atom. The summed E-state index contributed by atoms with van der Waals surface area (Å²) < 4.78 is 58.1. The van der Waals surface area contributed by atoms with Crippen molar-refractivity contribution in [1.29, 1.82) is 0 Å². The Bertz CT molecular complexity index is 491. The van der Waals surface area contributed by atoms with Crippen molar-refractivity contribution >= 4 is 0 Å². The Morgan fingerprint density at radius 3 is 0.750 bits per heavy atom. The molecule has 0 aliphatic rings. The molecule has 0 unspecified atom stereocenters. The van der Waals surface area contributed by atoms with E-state index >= 15 is 0 Å². The van der Waals surface area contributed by atoms with Crippen LogP contribution in [0, 0.1) is 0 Å². The van der Waals surface area contributed by atoms with E-state index in [4.69, 9.17) is 27.3 Å². The predicted molar refractivity (Wildman–Crippen MR) is 7.87 cm³/mol. The first-order chi connectivity index (χ1) is 2.65. The van der Waals surface area contributed by atoms with E-state index in [2.05, 4.69) is 0 Å². The molecule has 0 spiro atoms. The quantitative estimate of drug-likeness (QED) is 0.438. The van der Waals surface area contributed by atoms with E-state index < -0.39 is 10.2 Å². The molecule has 2 N–H and O–H groups in total. The van der Waals surface area contributed by atoms with Gasteiger partial charge in [-0.2, -0.15) is 0 Å². The molecule has 7 nitrogen and oxygen atoms in total. The van der Waals surface area contributed by atoms with Crippen molar-refractivity contribution in [3.8, 4) is 0 Å². The monoisotopic (exact) mass is 166 g/mol. The fourth-order valence-corrected chi connectivity index (χ4v) is 0. The summed E-state index contributed by atoms with van der Waals surface area (Å²) in [6.45, 7) is 0. The van der Waals surface area contributed by atoms with Crippen molar-refractivity contribution in [3.63, 3.8) is 0 Å². The summed E-state index contributed by atoms with van der Waals surface area (Å²) in [5.41, 5.74) is 0. The van der Waals surface area contributed by atoms with Gasteiger partial charge in [-0.3, -0.25) is 0 Å². The first-order valence-corrected chi connectivity index (χ1v) is 4.94. The van der Waals surface area contributed by atoms with Gasteiger partial charge in [-0.25, -0.2) is 0 Å². The molecule has 8 heavy (non-hydrogen) atoms. The molecule has 0 aliphatic carbocycles. The van der Waals surface area contributed by atoms with E-state index in [9.17, 15) is 0 Å². The molecule has 0 heterocycles. The molecule has 0 atom stereocenters. The first-order valence-electron chi connectivity index (χ1n) is 1.20. The molecule has 0 saturated carbocycles. The second-order valence-electron chi connectivity index (χ2n) is 1.51. The second kappa shape index (κ2) is 0.459. The Labute approximate surface area is 38.5 Å². The van der Waals surface area contributed by atoms with Gasteiger partial charge in [0.05, 0.1) is 0 Å². The molecule has 0 rings (SSSR count). The normalized spacial score (nSPS) is 20.4. The molecular formula is H2CrO7. The molecular weight excluding hydrogens is 164 g/mol. The Balaban J connectivity index is 8.06. The summed E-state index contributed by atoms with van der Waals surface area (Å²) >= 11 is 0. The third-order valence-electron chi connectivity index (χ3n) is 0. The van der Waals surface area contributed by atoms with Crippen molar-refractivity contribution in [2.75, 3.05) is 0 Å². The molecule has 0 amide bonds. The van der Waals surface area contributed by atoms with Crippen LogP contribution in [0.3, 0.4) is 0 Å². The predicted octanol–water partition coefficient (Wildman–Crippen LogP) is -1.71. The van der Waals surface area contributed by atoms with Gasteiger partial charge in [-0.05, 0) is 0 Å². The summed E-state index contributed by atoms with van der Waals surface area (Å²) in [5.74, 6) is 0. The third kappa shape index (κ3) is 361. The standard InChI is InChI=1S/Cr.2H2O.5O/h;2*1H2;;;;;/q+2;;;;;;;/p-2. The zero-order valence-corrected chi connectivity index (χ0v) is 4.62. The molecule has 8 heteroatoms. The number of hydrogen-bond donors (Lipinski definition) is 2. The number of rotatable bonds is 0. The molecule has 0 aliphatic heterocycles. The third-order valence-corrected chi connectivity index (χ3v) is 0. The Morgan fingerprint density at radius 2 is 0.750 bits per heavy atom. The maximum absolute atomic E-state index is 10.8. The van der Waals surface area contributed by atoms with E-state index in [1.807, 2.05) is 0 Å². The minimum absolute atomic E-state index is 6.86. The van der Waals surface area contributed by atoms with Crippen molar-refractivity contribution in [2.45, 2.75) is 0 Å². The van der Waals surface area contributed by atoms with Crippen molar-refractivity contribution in [2.24, 2.45) is 0 Å². The average Bonchev–Trinajstić information content (AvgIpc) is 0.544. The zero-order valence-electron chi connectivity index (χ0n) is 3.34. The topological polar surface area (TPSA) is 126 Å². The van der Waals surface area contributed by atoms with Crippen LogP contribution in [0.5, 0.6) is 0 Å². The summed E-state index contributed by atoms with van der Waals surface area (Å²) in [5, 5.41) is 0. The maximum atomic E-state index is 8.88. The average molecular weight is 166 g/mol. The van der Waals surface area contributed by atoms with Crippen molar-refractivity contribution in [1.82, 2.24) is 0 Å². The fourth-order valence-electron chi connectivity index (χ4n) is 0. The fraction of sp³-hybridized carbons (Fsp3) is 0. The van der Waals surface area contributed by atoms with Crippen LogP contribution in [0.15, 0.2) is 0 Å². The van der Waals surface area contributed by atoms with E-state index in [0.29, 0.717) is 0 Å². The minimum atomic E-state index is -10.8. The molecule has 50 valence electrons. The van der Waals surface area contributed by atoms with Crippen LogP contribution in [0.2, 0.25) is 0 Å². The second-order valence-corrected chi connectivity index (χ2v) is 6.22. The van der Waals surface area contributed by atoms with Crippen LogP contribution in [0.4, 0.5) is 0 Å². The van der Waals surface area contributed by atoms with Crippen LogP contribution in [-0.4, -0.2) is 8.32 Å². The van der Waals surface area contributed by atoms with E-state index in [1.54, 1.807) is 0 Å². The number of hydrogen-bond acceptors (Lipinski definition) is 5. The molecule has 0 aromatic carbocycles. The summed E-state index contributed by atoms with van der Waals surface area (Å²) in [6.07, 6.45) is 0. The molecule has 0 aromatic rings. The van der Waals surface area contributed by atoms with Gasteiger partial charge in [0.25, 0.3) is 0 Å². The van der Waals surface area contributed by atoms with E-state index in [-0.39, 0.29) is 0 Å². The van der Waals surface area contributed by atoms with E-state index in [1.165, 1.54) is 0 Å². The molecule has 0 fully saturated rings. The van der Waals surface area contributed by atoms with Gasteiger partial charge in [-0.15, -0.1) is 0 Å². The van der Waals surface area contributed by atoms with Gasteiger partial charge in [-0.1, -0.05) is 0 Å². The van der Waals surface area contributed by atoms with Gasteiger partial charge in [0, 0.05) is 0 Å². The molecule has 0 saturated heterocycles. The van der Waals surface area contributed by atoms with Crippen LogP contribution < -0.4 is 0 Å². The van der Waals surface area contributed by atoms with Crippen LogP contribution >= 0.6 is 0 Å². The molecule has 0 radical (unpaired) electrons. The van der Waals surface area contributed by atoms with Gasteiger partial charge in [0.15, 0.2) is 0 Å². The van der Waals surface area contributed by atoms with Gasteiger partial charge < -0.3 is 0 Å². The van der Waals surface area contributed by atoms with Gasteiger partial charge in [0.1, 0.15) is 0 Å². The van der Waals surface area contributed by atoms with E-state index in [0.717, 1.165) is 0 Å². The van der Waals surface area contributed by atoms with Gasteiger partial charge in [0.2, 0.25) is 0 Å². The molecule has 0 bridgehead atoms. The molecule has 0 aromatic heterocycles. The van der Waals surface area contributed by atoms with Crippen molar-refractivity contribution < 1.29 is 37.5 Å². The Hall–Kier alpha value is -0.548. The van der Waals surface area contributed by atoms with Crippen LogP contribution in [0.25, 0.3) is 0 Å². The SMILES string of the molecule is [O]=[Cr](=[O])(=[O])(=[O])(=[O])([OH])[OH]. The van der Waals surface area contributed by atoms with Crippen molar-refractivity contribution in [3.05, 3.63) is 0 Å².